The van der Waals surface area contributed by atoms with Crippen molar-refractivity contribution in [3.63, 3.8) is 0 Å². The molecule has 10 heteroatoms. The summed E-state index contributed by atoms with van der Waals surface area (Å²) in [5, 5.41) is 13.8. The fourth-order valence-electron chi connectivity index (χ4n) is 1.96. The van der Waals surface area contributed by atoms with Crippen molar-refractivity contribution in [2.45, 2.75) is 13.0 Å². The average Bonchev–Trinajstić information content (AvgIpc) is 2.59. The lowest BCUT2D eigenvalue weighted by Gasteiger charge is -2.14. The molecule has 1 amide bonds. The molecule has 1 atom stereocenters. The predicted molar refractivity (Wildman–Crippen MR) is 99.2 cm³/mol. The van der Waals surface area contributed by atoms with Gasteiger partial charge in [0.1, 0.15) is 5.75 Å². The number of nitro benzene ring substituents is 1. The van der Waals surface area contributed by atoms with Crippen LogP contribution >= 0.6 is 23.2 Å². The molecule has 0 unspecified atom stereocenters. The third kappa shape index (κ3) is 6.43. The van der Waals surface area contributed by atoms with E-state index >= 15 is 0 Å². The number of benzene rings is 2. The number of amides is 1. The molecule has 1 N–H and O–H groups in total. The van der Waals surface area contributed by atoms with Crippen LogP contribution in [0.15, 0.2) is 42.5 Å². The Balaban J connectivity index is 1.83. The fourth-order valence-corrected chi connectivity index (χ4v) is 2.49. The summed E-state index contributed by atoms with van der Waals surface area (Å²) < 4.78 is 10.1. The van der Waals surface area contributed by atoms with Crippen LogP contribution in [0.2, 0.25) is 10.0 Å². The summed E-state index contributed by atoms with van der Waals surface area (Å²) >= 11 is 11.7. The highest BCUT2D eigenvalue weighted by Gasteiger charge is 2.19. The Labute approximate surface area is 164 Å². The van der Waals surface area contributed by atoms with E-state index in [1.54, 1.807) is 0 Å². The van der Waals surface area contributed by atoms with Crippen molar-refractivity contribution in [2.75, 3.05) is 11.9 Å². The maximum atomic E-state index is 12.1. The van der Waals surface area contributed by atoms with Crippen LogP contribution in [-0.4, -0.2) is 29.5 Å². The van der Waals surface area contributed by atoms with Gasteiger partial charge in [-0.2, -0.15) is 0 Å². The molecule has 27 heavy (non-hydrogen) atoms. The molecule has 0 aliphatic heterocycles. The highest BCUT2D eigenvalue weighted by atomic mass is 35.5. The van der Waals surface area contributed by atoms with Crippen LogP contribution in [0.1, 0.15) is 6.92 Å². The maximum absolute atomic E-state index is 12.1. The fraction of sp³-hybridized carbons (Fsp3) is 0.176. The van der Waals surface area contributed by atoms with Gasteiger partial charge < -0.3 is 14.8 Å². The zero-order valence-corrected chi connectivity index (χ0v) is 15.5. The smallest absolute Gasteiger partial charge is 0.344 e. The van der Waals surface area contributed by atoms with E-state index in [0.29, 0.717) is 15.7 Å². The van der Waals surface area contributed by atoms with Gasteiger partial charge >= 0.3 is 5.97 Å². The second-order valence-corrected chi connectivity index (χ2v) is 6.19. The summed E-state index contributed by atoms with van der Waals surface area (Å²) in [5.41, 5.74) is 0.263. The first-order valence-corrected chi connectivity index (χ1v) is 8.34. The SMILES string of the molecule is C[C@@H](OC(=O)COc1ccc([N+](=O)[O-])cc1)C(=O)Nc1cc(Cl)cc(Cl)c1. The summed E-state index contributed by atoms with van der Waals surface area (Å²) in [7, 11) is 0. The van der Waals surface area contributed by atoms with E-state index in [-0.39, 0.29) is 11.4 Å². The van der Waals surface area contributed by atoms with Crippen LogP contribution in [-0.2, 0) is 14.3 Å². The van der Waals surface area contributed by atoms with Gasteiger partial charge in [-0.3, -0.25) is 14.9 Å². The molecule has 142 valence electrons. The van der Waals surface area contributed by atoms with Crippen LogP contribution in [0.4, 0.5) is 11.4 Å². The van der Waals surface area contributed by atoms with Gasteiger partial charge in [0.2, 0.25) is 0 Å². The van der Waals surface area contributed by atoms with Crippen molar-refractivity contribution in [3.8, 4) is 5.75 Å². The number of carbonyl (C=O) groups excluding carboxylic acids is 2. The van der Waals surface area contributed by atoms with Gasteiger partial charge in [-0.1, -0.05) is 23.2 Å². The number of ether oxygens (including phenoxy) is 2. The van der Waals surface area contributed by atoms with Crippen LogP contribution in [0, 0.1) is 10.1 Å². The minimum absolute atomic E-state index is 0.101. The molecule has 0 heterocycles. The molecule has 0 fully saturated rings. The van der Waals surface area contributed by atoms with E-state index < -0.39 is 29.5 Å². The summed E-state index contributed by atoms with van der Waals surface area (Å²) in [6.45, 7) is 0.934. The van der Waals surface area contributed by atoms with E-state index in [0.717, 1.165) is 0 Å². The number of hydrogen-bond acceptors (Lipinski definition) is 6. The topological polar surface area (TPSA) is 108 Å². The number of nitrogens with zero attached hydrogens (tertiary/aromatic N) is 1. The molecule has 2 rings (SSSR count). The third-order valence-corrected chi connectivity index (χ3v) is 3.65. The molecule has 0 aliphatic rings. The predicted octanol–water partition coefficient (Wildman–Crippen LogP) is 3.85. The zero-order chi connectivity index (χ0) is 20.0. The molecule has 8 nitrogen and oxygen atoms in total. The molecule has 2 aromatic carbocycles. The van der Waals surface area contributed by atoms with Crippen molar-refractivity contribution < 1.29 is 24.0 Å². The molecular formula is C17H14Cl2N2O6. The molecule has 0 saturated heterocycles. The van der Waals surface area contributed by atoms with E-state index in [4.69, 9.17) is 32.7 Å². The van der Waals surface area contributed by atoms with Gasteiger partial charge in [0.25, 0.3) is 11.6 Å². The summed E-state index contributed by atoms with van der Waals surface area (Å²) in [4.78, 5) is 33.9. The van der Waals surface area contributed by atoms with E-state index in [1.165, 1.54) is 49.4 Å². The van der Waals surface area contributed by atoms with Crippen molar-refractivity contribution in [3.05, 3.63) is 62.6 Å². The van der Waals surface area contributed by atoms with Gasteiger partial charge in [-0.15, -0.1) is 0 Å². The van der Waals surface area contributed by atoms with Gasteiger partial charge in [-0.05, 0) is 37.3 Å². The molecule has 0 aliphatic carbocycles. The van der Waals surface area contributed by atoms with E-state index in [2.05, 4.69) is 5.32 Å². The molecule has 0 radical (unpaired) electrons. The van der Waals surface area contributed by atoms with Crippen molar-refractivity contribution in [1.82, 2.24) is 0 Å². The quantitative estimate of drug-likeness (QED) is 0.420. The number of nitrogens with one attached hydrogen (secondary N) is 1. The Morgan fingerprint density at radius 1 is 1.15 bits per heavy atom. The van der Waals surface area contributed by atoms with Gasteiger partial charge in [0, 0.05) is 27.9 Å². The van der Waals surface area contributed by atoms with Crippen LogP contribution in [0.25, 0.3) is 0 Å². The Morgan fingerprint density at radius 2 is 1.74 bits per heavy atom. The largest absolute Gasteiger partial charge is 0.482 e. The van der Waals surface area contributed by atoms with Crippen molar-refractivity contribution >= 4 is 46.5 Å². The van der Waals surface area contributed by atoms with Crippen molar-refractivity contribution in [2.24, 2.45) is 0 Å². The lowest BCUT2D eigenvalue weighted by molar-refractivity contribution is -0.384. The van der Waals surface area contributed by atoms with Crippen LogP contribution < -0.4 is 10.1 Å². The summed E-state index contributed by atoms with van der Waals surface area (Å²) in [6, 6.07) is 9.70. The number of non-ortho nitro benzene ring substituents is 1. The van der Waals surface area contributed by atoms with Crippen LogP contribution in [0.3, 0.4) is 0 Å². The minimum atomic E-state index is -1.09. The second-order valence-electron chi connectivity index (χ2n) is 5.32. The van der Waals surface area contributed by atoms with Gasteiger partial charge in [-0.25, -0.2) is 4.79 Å². The first-order chi connectivity index (χ1) is 12.7. The lowest BCUT2D eigenvalue weighted by Crippen LogP contribution is -2.31. The normalized spacial score (nSPS) is 11.4. The number of nitro groups is 1. The second kappa shape index (κ2) is 9.20. The average molecular weight is 413 g/mol. The summed E-state index contributed by atoms with van der Waals surface area (Å²) in [6.07, 6.45) is -1.09. The molecule has 2 aromatic rings. The number of carbonyl (C=O) groups is 2. The number of anilines is 1. The monoisotopic (exact) mass is 412 g/mol. The van der Waals surface area contributed by atoms with E-state index in [1.807, 2.05) is 0 Å². The standard InChI is InChI=1S/C17H14Cl2N2O6/c1-10(17(23)20-13-7-11(18)6-12(19)8-13)27-16(22)9-26-15-4-2-14(3-5-15)21(24)25/h2-8,10H,9H2,1H3,(H,20,23)/t10-/m1/s1. The zero-order valence-electron chi connectivity index (χ0n) is 14.0. The van der Waals surface area contributed by atoms with Gasteiger partial charge in [0.05, 0.1) is 4.92 Å². The highest BCUT2D eigenvalue weighted by Crippen LogP contribution is 2.22. The summed E-state index contributed by atoms with van der Waals surface area (Å²) in [5.74, 6) is -1.10. The first-order valence-electron chi connectivity index (χ1n) is 7.58. The van der Waals surface area contributed by atoms with E-state index in [9.17, 15) is 19.7 Å². The van der Waals surface area contributed by atoms with Crippen molar-refractivity contribution in [1.29, 1.82) is 0 Å². The first kappa shape index (κ1) is 20.5. The molecule has 0 bridgehead atoms. The number of rotatable bonds is 7. The Morgan fingerprint density at radius 3 is 2.30 bits per heavy atom. The molecule has 0 aromatic heterocycles. The Hall–Kier alpha value is -2.84. The molecule has 0 spiro atoms. The van der Waals surface area contributed by atoms with Crippen LogP contribution in [0.5, 0.6) is 5.75 Å². The Kier molecular flexibility index (Phi) is 6.98. The van der Waals surface area contributed by atoms with Gasteiger partial charge in [0.15, 0.2) is 12.7 Å². The lowest BCUT2D eigenvalue weighted by atomic mass is 10.3. The minimum Gasteiger partial charge on any atom is -0.482 e. The molecular weight excluding hydrogens is 399 g/mol. The molecule has 0 saturated carbocycles. The third-order valence-electron chi connectivity index (χ3n) is 3.21. The number of halogens is 2. The number of esters is 1. The highest BCUT2D eigenvalue weighted by molar-refractivity contribution is 6.35. The Bertz CT molecular complexity index is 837. The number of hydrogen-bond donors (Lipinski definition) is 1. The maximum Gasteiger partial charge on any atom is 0.344 e.